The summed E-state index contributed by atoms with van der Waals surface area (Å²) in [6, 6.07) is 5.60. The molecule has 0 unspecified atom stereocenters. The summed E-state index contributed by atoms with van der Waals surface area (Å²) in [5.74, 6) is 0.689. The highest BCUT2D eigenvalue weighted by Crippen LogP contribution is 2.40. The molecule has 21 heavy (non-hydrogen) atoms. The number of nitrogens with one attached hydrogen (secondary N) is 2. The van der Waals surface area contributed by atoms with E-state index < -0.39 is 5.60 Å². The van der Waals surface area contributed by atoms with E-state index in [-0.39, 0.29) is 0 Å². The van der Waals surface area contributed by atoms with Gasteiger partial charge in [-0.25, -0.2) is 4.98 Å². The van der Waals surface area contributed by atoms with Gasteiger partial charge in [0, 0.05) is 12.2 Å². The number of aromatic nitrogens is 2. The van der Waals surface area contributed by atoms with Gasteiger partial charge in [-0.05, 0) is 49.3 Å². The van der Waals surface area contributed by atoms with Crippen LogP contribution in [0.3, 0.4) is 0 Å². The molecule has 3 rings (SSSR count). The Balaban J connectivity index is 1.66. The average molecular weight is 288 g/mol. The number of benzene rings is 1. The van der Waals surface area contributed by atoms with E-state index in [1.807, 2.05) is 18.2 Å². The van der Waals surface area contributed by atoms with Crippen molar-refractivity contribution < 1.29 is 5.11 Å². The van der Waals surface area contributed by atoms with E-state index in [1.54, 1.807) is 0 Å². The average Bonchev–Trinajstić information content (AvgIpc) is 2.83. The van der Waals surface area contributed by atoms with Crippen LogP contribution in [0.25, 0.3) is 11.0 Å². The Kier molecular flexibility index (Phi) is 3.32. The summed E-state index contributed by atoms with van der Waals surface area (Å²) in [5, 5.41) is 13.9. The molecule has 5 heteroatoms. The molecule has 1 fully saturated rings. The number of rotatable bonds is 3. The minimum Gasteiger partial charge on any atom is -0.399 e. The van der Waals surface area contributed by atoms with E-state index in [9.17, 15) is 5.11 Å². The van der Waals surface area contributed by atoms with Crippen molar-refractivity contribution in [2.45, 2.75) is 45.1 Å². The lowest BCUT2D eigenvalue weighted by Gasteiger charge is -2.40. The van der Waals surface area contributed by atoms with Gasteiger partial charge < -0.3 is 21.1 Å². The Labute approximate surface area is 125 Å². The van der Waals surface area contributed by atoms with Crippen LogP contribution in [-0.4, -0.2) is 27.2 Å². The number of nitrogen functional groups attached to an aromatic ring is 1. The molecule has 0 amide bonds. The van der Waals surface area contributed by atoms with Crippen LogP contribution in [0.15, 0.2) is 18.2 Å². The van der Waals surface area contributed by atoms with Gasteiger partial charge in [0.25, 0.3) is 0 Å². The Hall–Kier alpha value is -1.75. The van der Waals surface area contributed by atoms with E-state index in [0.717, 1.165) is 36.7 Å². The molecule has 0 atom stereocenters. The number of anilines is 2. The molecule has 5 nitrogen and oxygen atoms in total. The fourth-order valence-electron chi connectivity index (χ4n) is 2.93. The van der Waals surface area contributed by atoms with E-state index in [2.05, 4.69) is 29.1 Å². The number of imidazole rings is 1. The summed E-state index contributed by atoms with van der Waals surface area (Å²) >= 11 is 0. The van der Waals surface area contributed by atoms with Gasteiger partial charge in [0.2, 0.25) is 5.95 Å². The molecule has 0 radical (unpaired) electrons. The van der Waals surface area contributed by atoms with Crippen molar-refractivity contribution in [1.29, 1.82) is 0 Å². The number of hydrogen-bond donors (Lipinski definition) is 4. The molecule has 5 N–H and O–H groups in total. The number of hydrogen-bond acceptors (Lipinski definition) is 4. The normalized spacial score (nSPS) is 20.5. The monoisotopic (exact) mass is 288 g/mol. The van der Waals surface area contributed by atoms with Crippen molar-refractivity contribution in [2.24, 2.45) is 5.41 Å². The van der Waals surface area contributed by atoms with Crippen molar-refractivity contribution in [1.82, 2.24) is 9.97 Å². The Morgan fingerprint density at radius 1 is 1.29 bits per heavy atom. The number of aliphatic hydroxyl groups is 1. The molecule has 2 aromatic rings. The molecule has 0 spiro atoms. The molecular formula is C16H24N4O. The predicted octanol–water partition coefficient (Wildman–Crippen LogP) is 2.89. The molecule has 114 valence electrons. The SMILES string of the molecule is CC1(C)CCC(O)(CNc2nc3ccc(N)cc3[nH]2)CC1. The van der Waals surface area contributed by atoms with E-state index in [0.29, 0.717) is 23.6 Å². The summed E-state index contributed by atoms with van der Waals surface area (Å²) in [4.78, 5) is 7.66. The van der Waals surface area contributed by atoms with Crippen LogP contribution < -0.4 is 11.1 Å². The van der Waals surface area contributed by atoms with Crippen LogP contribution in [0, 0.1) is 5.41 Å². The molecule has 1 aliphatic carbocycles. The zero-order valence-electron chi connectivity index (χ0n) is 12.7. The third-order valence-electron chi connectivity index (χ3n) is 4.63. The molecule has 1 aromatic heterocycles. The fraction of sp³-hybridized carbons (Fsp3) is 0.562. The third kappa shape index (κ3) is 3.13. The van der Waals surface area contributed by atoms with Gasteiger partial charge in [0.1, 0.15) is 0 Å². The summed E-state index contributed by atoms with van der Waals surface area (Å²) in [5.41, 5.74) is 7.98. The smallest absolute Gasteiger partial charge is 0.201 e. The second kappa shape index (κ2) is 4.91. The molecule has 0 bridgehead atoms. The zero-order chi connectivity index (χ0) is 15.1. The van der Waals surface area contributed by atoms with Gasteiger partial charge in [0.05, 0.1) is 16.6 Å². The molecular weight excluding hydrogens is 264 g/mol. The van der Waals surface area contributed by atoms with Crippen LogP contribution in [0.5, 0.6) is 0 Å². The lowest BCUT2D eigenvalue weighted by atomic mass is 9.71. The van der Waals surface area contributed by atoms with Crippen molar-refractivity contribution in [3.63, 3.8) is 0 Å². The van der Waals surface area contributed by atoms with Crippen LogP contribution in [-0.2, 0) is 0 Å². The first-order chi connectivity index (χ1) is 9.85. The minimum absolute atomic E-state index is 0.350. The number of fused-ring (bicyclic) bond motifs is 1. The van der Waals surface area contributed by atoms with Gasteiger partial charge in [-0.1, -0.05) is 13.8 Å². The highest BCUT2D eigenvalue weighted by atomic mass is 16.3. The van der Waals surface area contributed by atoms with Gasteiger partial charge >= 0.3 is 0 Å². The zero-order valence-corrected chi connectivity index (χ0v) is 12.7. The van der Waals surface area contributed by atoms with Crippen LogP contribution >= 0.6 is 0 Å². The van der Waals surface area contributed by atoms with E-state index in [1.165, 1.54) is 0 Å². The maximum atomic E-state index is 10.7. The molecule has 1 heterocycles. The third-order valence-corrected chi connectivity index (χ3v) is 4.63. The van der Waals surface area contributed by atoms with Crippen LogP contribution in [0.1, 0.15) is 39.5 Å². The Morgan fingerprint density at radius 2 is 2.00 bits per heavy atom. The number of nitrogens with two attached hydrogens (primary N) is 1. The summed E-state index contributed by atoms with van der Waals surface area (Å²) in [6.07, 6.45) is 3.78. The van der Waals surface area contributed by atoms with Gasteiger partial charge in [-0.15, -0.1) is 0 Å². The van der Waals surface area contributed by atoms with Crippen molar-refractivity contribution in [3.05, 3.63) is 18.2 Å². The molecule has 1 aromatic carbocycles. The first-order valence-corrected chi connectivity index (χ1v) is 7.57. The highest BCUT2D eigenvalue weighted by Gasteiger charge is 2.36. The summed E-state index contributed by atoms with van der Waals surface area (Å²) in [6.45, 7) is 5.06. The van der Waals surface area contributed by atoms with Crippen molar-refractivity contribution in [3.8, 4) is 0 Å². The highest BCUT2D eigenvalue weighted by molar-refractivity contribution is 5.80. The van der Waals surface area contributed by atoms with Crippen LogP contribution in [0.2, 0.25) is 0 Å². The second-order valence-electron chi connectivity index (χ2n) is 7.10. The fourth-order valence-corrected chi connectivity index (χ4v) is 2.93. The quantitative estimate of drug-likeness (QED) is 0.654. The largest absolute Gasteiger partial charge is 0.399 e. The maximum Gasteiger partial charge on any atom is 0.201 e. The van der Waals surface area contributed by atoms with E-state index >= 15 is 0 Å². The van der Waals surface area contributed by atoms with E-state index in [4.69, 9.17) is 5.73 Å². The van der Waals surface area contributed by atoms with Crippen molar-refractivity contribution in [2.75, 3.05) is 17.6 Å². The standard InChI is InChI=1S/C16H24N4O/c1-15(2)5-7-16(21,8-6-15)10-18-14-19-12-4-3-11(17)9-13(12)20-14/h3-4,9,21H,5-8,10,17H2,1-2H3,(H2,18,19,20). The lowest BCUT2D eigenvalue weighted by Crippen LogP contribution is -2.42. The number of H-pyrrole nitrogens is 1. The number of aromatic amines is 1. The van der Waals surface area contributed by atoms with Gasteiger partial charge in [0.15, 0.2) is 0 Å². The predicted molar refractivity (Wildman–Crippen MR) is 86.2 cm³/mol. The molecule has 0 aliphatic heterocycles. The Bertz CT molecular complexity index is 637. The Morgan fingerprint density at radius 3 is 2.71 bits per heavy atom. The molecule has 1 aliphatic rings. The summed E-state index contributed by atoms with van der Waals surface area (Å²) < 4.78 is 0. The van der Waals surface area contributed by atoms with Gasteiger partial charge in [-0.2, -0.15) is 0 Å². The minimum atomic E-state index is -0.631. The molecule has 1 saturated carbocycles. The maximum absolute atomic E-state index is 10.7. The van der Waals surface area contributed by atoms with Gasteiger partial charge in [-0.3, -0.25) is 0 Å². The summed E-state index contributed by atoms with van der Waals surface area (Å²) in [7, 11) is 0. The number of nitrogens with zero attached hydrogens (tertiary/aromatic N) is 1. The lowest BCUT2D eigenvalue weighted by molar-refractivity contribution is -0.0146. The van der Waals surface area contributed by atoms with Crippen molar-refractivity contribution >= 4 is 22.7 Å². The first kappa shape index (κ1) is 14.2. The molecule has 0 saturated heterocycles. The first-order valence-electron chi connectivity index (χ1n) is 7.57. The topological polar surface area (TPSA) is 87.0 Å². The second-order valence-corrected chi connectivity index (χ2v) is 7.10. The van der Waals surface area contributed by atoms with Crippen LogP contribution in [0.4, 0.5) is 11.6 Å².